The van der Waals surface area contributed by atoms with Gasteiger partial charge in [-0.3, -0.25) is 9.20 Å². The number of nitrogens with zero attached hydrogens (tertiary/aromatic N) is 3. The zero-order chi connectivity index (χ0) is 12.0. The predicted octanol–water partition coefficient (Wildman–Crippen LogP) is 1.93. The highest BCUT2D eigenvalue weighted by molar-refractivity contribution is 7.17. The van der Waals surface area contributed by atoms with E-state index >= 15 is 0 Å². The number of imidazole rings is 1. The molecular weight excluding hydrogens is 256 g/mol. The number of fused-ring (bicyclic) bond motifs is 1. The summed E-state index contributed by atoms with van der Waals surface area (Å²) >= 11 is 3.09. The van der Waals surface area contributed by atoms with Gasteiger partial charge in [0.15, 0.2) is 4.96 Å². The summed E-state index contributed by atoms with van der Waals surface area (Å²) in [5, 5.41) is 3.01. The van der Waals surface area contributed by atoms with Gasteiger partial charge in [0.25, 0.3) is 5.91 Å². The van der Waals surface area contributed by atoms with E-state index in [9.17, 15) is 4.79 Å². The molecule has 3 aromatic rings. The predicted molar refractivity (Wildman–Crippen MR) is 67.4 cm³/mol. The number of carbonyl (C=O) groups excluding carboxylic acids is 1. The van der Waals surface area contributed by atoms with Crippen LogP contribution < -0.4 is 5.73 Å². The van der Waals surface area contributed by atoms with Crippen LogP contribution >= 0.6 is 22.7 Å². The van der Waals surface area contributed by atoms with Gasteiger partial charge in [0.1, 0.15) is 5.69 Å². The van der Waals surface area contributed by atoms with Gasteiger partial charge in [-0.1, -0.05) is 0 Å². The molecule has 0 spiro atoms. The number of carbonyl (C=O) groups is 1. The molecule has 0 aliphatic carbocycles. The van der Waals surface area contributed by atoms with Crippen LogP contribution in [-0.2, 0) is 0 Å². The van der Waals surface area contributed by atoms with Gasteiger partial charge in [-0.05, 0) is 6.92 Å². The minimum Gasteiger partial charge on any atom is -0.364 e. The van der Waals surface area contributed by atoms with E-state index in [0.29, 0.717) is 5.69 Å². The van der Waals surface area contributed by atoms with Crippen molar-refractivity contribution in [3.05, 3.63) is 28.5 Å². The Morgan fingerprint density at radius 1 is 1.53 bits per heavy atom. The topological polar surface area (TPSA) is 73.3 Å². The van der Waals surface area contributed by atoms with Crippen molar-refractivity contribution >= 4 is 33.5 Å². The van der Waals surface area contributed by atoms with E-state index in [1.807, 2.05) is 22.9 Å². The molecule has 5 nitrogen and oxygen atoms in total. The Morgan fingerprint density at radius 2 is 2.35 bits per heavy atom. The summed E-state index contributed by atoms with van der Waals surface area (Å²) < 4.78 is 1.87. The monoisotopic (exact) mass is 264 g/mol. The fraction of sp³-hybridized carbons (Fsp3) is 0.100. The van der Waals surface area contributed by atoms with Crippen LogP contribution in [-0.4, -0.2) is 20.3 Å². The second-order valence-electron chi connectivity index (χ2n) is 3.51. The minimum absolute atomic E-state index is 0.291. The Bertz CT molecular complexity index is 709. The van der Waals surface area contributed by atoms with E-state index < -0.39 is 5.91 Å². The minimum atomic E-state index is -0.507. The van der Waals surface area contributed by atoms with Gasteiger partial charge in [-0.15, -0.1) is 22.7 Å². The first kappa shape index (κ1) is 10.4. The Kier molecular flexibility index (Phi) is 2.23. The summed E-state index contributed by atoms with van der Waals surface area (Å²) in [4.78, 5) is 21.3. The van der Waals surface area contributed by atoms with Crippen LogP contribution in [0.15, 0.2) is 17.8 Å². The van der Waals surface area contributed by atoms with Gasteiger partial charge in [0.05, 0.1) is 15.6 Å². The first-order valence-corrected chi connectivity index (χ1v) is 6.54. The van der Waals surface area contributed by atoms with Crippen LogP contribution in [0, 0.1) is 6.92 Å². The molecule has 0 bridgehead atoms. The van der Waals surface area contributed by atoms with Gasteiger partial charge in [0, 0.05) is 17.8 Å². The van der Waals surface area contributed by atoms with Crippen molar-refractivity contribution in [3.63, 3.8) is 0 Å². The number of amides is 1. The van der Waals surface area contributed by atoms with Crippen LogP contribution in [0.4, 0.5) is 0 Å². The lowest BCUT2D eigenvalue weighted by Crippen LogP contribution is -2.10. The molecule has 0 aromatic carbocycles. The molecule has 1 amide bonds. The maximum Gasteiger partial charge on any atom is 0.268 e. The molecule has 86 valence electrons. The molecule has 0 saturated carbocycles. The molecule has 0 aliphatic heterocycles. The van der Waals surface area contributed by atoms with Gasteiger partial charge in [-0.25, -0.2) is 9.97 Å². The van der Waals surface area contributed by atoms with Crippen molar-refractivity contribution in [1.29, 1.82) is 0 Å². The normalized spacial score (nSPS) is 11.1. The Hall–Kier alpha value is -1.73. The van der Waals surface area contributed by atoms with Crippen LogP contribution in [0.1, 0.15) is 15.5 Å². The Balaban J connectivity index is 2.20. The third kappa shape index (κ3) is 1.63. The van der Waals surface area contributed by atoms with E-state index in [4.69, 9.17) is 5.73 Å². The molecular formula is C10H8N4OS2. The van der Waals surface area contributed by atoms with E-state index in [1.165, 1.54) is 11.3 Å². The zero-order valence-corrected chi connectivity index (χ0v) is 10.5. The van der Waals surface area contributed by atoms with Crippen LogP contribution in [0.2, 0.25) is 0 Å². The van der Waals surface area contributed by atoms with Crippen LogP contribution in [0.3, 0.4) is 0 Å². The highest BCUT2D eigenvalue weighted by Crippen LogP contribution is 2.30. The lowest BCUT2D eigenvalue weighted by atomic mass is 10.4. The smallest absolute Gasteiger partial charge is 0.268 e. The van der Waals surface area contributed by atoms with Crippen molar-refractivity contribution in [2.45, 2.75) is 6.92 Å². The number of rotatable bonds is 2. The number of hydrogen-bond donors (Lipinski definition) is 1. The molecule has 3 heterocycles. The third-order valence-corrected chi connectivity index (χ3v) is 4.11. The third-order valence-electron chi connectivity index (χ3n) is 2.34. The fourth-order valence-corrected chi connectivity index (χ4v) is 3.30. The summed E-state index contributed by atoms with van der Waals surface area (Å²) in [6.45, 7) is 1.96. The fourth-order valence-electron chi connectivity index (χ4n) is 1.56. The van der Waals surface area contributed by atoms with Crippen molar-refractivity contribution in [2.75, 3.05) is 0 Å². The summed E-state index contributed by atoms with van der Waals surface area (Å²) in [6.07, 6.45) is 3.49. The summed E-state index contributed by atoms with van der Waals surface area (Å²) in [5.41, 5.74) is 6.50. The standard InChI is InChI=1S/C10H8N4OS2/c1-5-12-2-8(17-5)7-4-16-10-13-6(9(11)15)3-14(7)10/h2-4H,1H3,(H2,11,15). The van der Waals surface area contributed by atoms with Gasteiger partial charge >= 0.3 is 0 Å². The van der Waals surface area contributed by atoms with Gasteiger partial charge in [0.2, 0.25) is 0 Å². The number of primary amides is 1. The summed E-state index contributed by atoms with van der Waals surface area (Å²) in [6, 6.07) is 0. The summed E-state index contributed by atoms with van der Waals surface area (Å²) in [5.74, 6) is -0.507. The molecule has 0 aliphatic rings. The number of nitrogens with two attached hydrogens (primary N) is 1. The van der Waals surface area contributed by atoms with E-state index in [2.05, 4.69) is 9.97 Å². The number of hydrogen-bond acceptors (Lipinski definition) is 5. The zero-order valence-electron chi connectivity index (χ0n) is 8.88. The Labute approximate surface area is 105 Å². The van der Waals surface area contributed by atoms with Crippen molar-refractivity contribution < 1.29 is 4.79 Å². The van der Waals surface area contributed by atoms with Crippen LogP contribution in [0.5, 0.6) is 0 Å². The van der Waals surface area contributed by atoms with Gasteiger partial charge < -0.3 is 5.73 Å². The largest absolute Gasteiger partial charge is 0.364 e. The van der Waals surface area contributed by atoms with Crippen molar-refractivity contribution in [2.24, 2.45) is 5.73 Å². The molecule has 0 atom stereocenters. The molecule has 0 radical (unpaired) electrons. The van der Waals surface area contributed by atoms with E-state index in [0.717, 1.165) is 20.5 Å². The molecule has 0 unspecified atom stereocenters. The molecule has 0 fully saturated rings. The second-order valence-corrected chi connectivity index (χ2v) is 5.58. The SMILES string of the molecule is Cc1ncc(-c2csc3nc(C(N)=O)cn23)s1. The molecule has 0 saturated heterocycles. The van der Waals surface area contributed by atoms with Crippen molar-refractivity contribution in [1.82, 2.24) is 14.4 Å². The van der Waals surface area contributed by atoms with Crippen molar-refractivity contribution in [3.8, 4) is 10.6 Å². The first-order valence-electron chi connectivity index (χ1n) is 4.84. The number of thiazole rings is 2. The van der Waals surface area contributed by atoms with E-state index in [-0.39, 0.29) is 0 Å². The Morgan fingerprint density at radius 3 is 3.00 bits per heavy atom. The lowest BCUT2D eigenvalue weighted by molar-refractivity contribution is 0.0996. The molecule has 2 N–H and O–H groups in total. The average molecular weight is 264 g/mol. The quantitative estimate of drug-likeness (QED) is 0.768. The van der Waals surface area contributed by atoms with Gasteiger partial charge in [-0.2, -0.15) is 0 Å². The highest BCUT2D eigenvalue weighted by atomic mass is 32.1. The maximum atomic E-state index is 11.1. The van der Waals surface area contributed by atoms with Crippen LogP contribution in [0.25, 0.3) is 15.5 Å². The first-order chi connectivity index (χ1) is 8.15. The average Bonchev–Trinajstić information content (AvgIpc) is 2.90. The molecule has 3 aromatic heterocycles. The number of aryl methyl sites for hydroxylation is 1. The highest BCUT2D eigenvalue weighted by Gasteiger charge is 2.13. The van der Waals surface area contributed by atoms with E-state index in [1.54, 1.807) is 17.5 Å². The molecule has 17 heavy (non-hydrogen) atoms. The molecule has 7 heteroatoms. The second kappa shape index (κ2) is 3.64. The molecule has 3 rings (SSSR count). The lowest BCUT2D eigenvalue weighted by Gasteiger charge is -1.92. The maximum absolute atomic E-state index is 11.1. The number of aromatic nitrogens is 3. The summed E-state index contributed by atoms with van der Waals surface area (Å²) in [7, 11) is 0.